The summed E-state index contributed by atoms with van der Waals surface area (Å²) in [4.78, 5) is 2.31. The maximum Gasteiger partial charge on any atom is 0.401 e. The zero-order valence-electron chi connectivity index (χ0n) is 13.3. The first-order chi connectivity index (χ1) is 10.4. The molecule has 0 saturated carbocycles. The van der Waals surface area contributed by atoms with Crippen molar-refractivity contribution in [3.8, 4) is 5.75 Å². The molecule has 1 N–H and O–H groups in total. The largest absolute Gasteiger partial charge is 0.496 e. The molecule has 0 radical (unpaired) electrons. The third kappa shape index (κ3) is 3.93. The van der Waals surface area contributed by atoms with Crippen LogP contribution in [0.1, 0.15) is 36.1 Å². The quantitative estimate of drug-likeness (QED) is 0.902. The third-order valence-corrected chi connectivity index (χ3v) is 4.19. The zero-order chi connectivity index (χ0) is 16.3. The van der Waals surface area contributed by atoms with Gasteiger partial charge < -0.3 is 10.1 Å². The molecule has 0 amide bonds. The first-order valence-corrected chi connectivity index (χ1v) is 7.53. The minimum atomic E-state index is -4.20. The van der Waals surface area contributed by atoms with E-state index in [4.69, 9.17) is 4.74 Å². The molecular formula is C16H23F3N2O. The summed E-state index contributed by atoms with van der Waals surface area (Å²) >= 11 is 0. The summed E-state index contributed by atoms with van der Waals surface area (Å²) in [5.74, 6) is 0.655. The molecule has 22 heavy (non-hydrogen) atoms. The van der Waals surface area contributed by atoms with Crippen molar-refractivity contribution in [2.24, 2.45) is 0 Å². The molecule has 0 bridgehead atoms. The van der Waals surface area contributed by atoms with Crippen LogP contribution in [0.25, 0.3) is 0 Å². The van der Waals surface area contributed by atoms with Crippen LogP contribution in [0, 0.1) is 0 Å². The zero-order valence-corrected chi connectivity index (χ0v) is 13.3. The molecule has 0 aliphatic carbocycles. The van der Waals surface area contributed by atoms with Crippen LogP contribution in [-0.4, -0.2) is 38.3 Å². The number of hydrogen-bond donors (Lipinski definition) is 1. The minimum Gasteiger partial charge on any atom is -0.496 e. The number of rotatable bonds is 5. The molecule has 1 heterocycles. The van der Waals surface area contributed by atoms with E-state index in [-0.39, 0.29) is 6.54 Å². The molecule has 0 aromatic heterocycles. The van der Waals surface area contributed by atoms with Crippen LogP contribution >= 0.6 is 0 Å². The van der Waals surface area contributed by atoms with Gasteiger partial charge in [0.1, 0.15) is 5.75 Å². The Balaban J connectivity index is 2.22. The van der Waals surface area contributed by atoms with E-state index in [1.807, 2.05) is 12.1 Å². The van der Waals surface area contributed by atoms with Crippen molar-refractivity contribution in [1.82, 2.24) is 10.2 Å². The number of hydrogen-bond acceptors (Lipinski definition) is 3. The summed E-state index contributed by atoms with van der Waals surface area (Å²) in [5, 5.41) is 2.44. The predicted octanol–water partition coefficient (Wildman–Crippen LogP) is 3.29. The van der Waals surface area contributed by atoms with Crippen LogP contribution in [0.15, 0.2) is 12.1 Å². The number of nitrogens with zero attached hydrogens (tertiary/aromatic N) is 1. The lowest BCUT2D eigenvalue weighted by molar-refractivity contribution is -0.125. The van der Waals surface area contributed by atoms with Gasteiger partial charge in [0.25, 0.3) is 0 Å². The van der Waals surface area contributed by atoms with Crippen LogP contribution < -0.4 is 10.1 Å². The second-order valence-corrected chi connectivity index (χ2v) is 5.74. The van der Waals surface area contributed by atoms with Crippen LogP contribution in [0.5, 0.6) is 5.75 Å². The Morgan fingerprint density at radius 1 is 1.36 bits per heavy atom. The molecular weight excluding hydrogens is 293 g/mol. The number of alkyl halides is 3. The molecule has 6 heteroatoms. The molecule has 3 nitrogen and oxygen atoms in total. The fraction of sp³-hybridized carbons (Fsp3) is 0.625. The van der Waals surface area contributed by atoms with Crippen molar-refractivity contribution < 1.29 is 17.9 Å². The number of nitrogens with one attached hydrogen (secondary N) is 1. The van der Waals surface area contributed by atoms with E-state index in [1.54, 1.807) is 7.11 Å². The monoisotopic (exact) mass is 316 g/mol. The minimum absolute atomic E-state index is 0.155. The molecule has 1 aromatic carbocycles. The summed E-state index contributed by atoms with van der Waals surface area (Å²) in [6, 6.07) is 4.33. The Morgan fingerprint density at radius 2 is 2.09 bits per heavy atom. The average molecular weight is 316 g/mol. The fourth-order valence-corrected chi connectivity index (χ4v) is 3.11. The van der Waals surface area contributed by atoms with Crippen LogP contribution in [0.4, 0.5) is 13.2 Å². The molecule has 0 spiro atoms. The van der Waals surface area contributed by atoms with E-state index in [1.165, 1.54) is 11.1 Å². The molecule has 0 fully saturated rings. The van der Waals surface area contributed by atoms with Gasteiger partial charge in [-0.3, -0.25) is 4.90 Å². The van der Waals surface area contributed by atoms with Gasteiger partial charge in [0, 0.05) is 24.7 Å². The second kappa shape index (κ2) is 6.87. The van der Waals surface area contributed by atoms with Crippen LogP contribution in [0.3, 0.4) is 0 Å². The van der Waals surface area contributed by atoms with Crippen molar-refractivity contribution in [2.75, 3.05) is 27.2 Å². The molecule has 1 aromatic rings. The van der Waals surface area contributed by atoms with Crippen molar-refractivity contribution in [3.63, 3.8) is 0 Å². The number of likely N-dealkylation sites (N-methyl/N-ethyl adjacent to an activating group) is 1. The third-order valence-electron chi connectivity index (χ3n) is 4.19. The van der Waals surface area contributed by atoms with E-state index in [0.29, 0.717) is 11.8 Å². The number of ether oxygens (including phenoxy) is 1. The van der Waals surface area contributed by atoms with Gasteiger partial charge in [-0.15, -0.1) is 0 Å². The predicted molar refractivity (Wildman–Crippen MR) is 80.1 cm³/mol. The highest BCUT2D eigenvalue weighted by Gasteiger charge is 2.27. The Hall–Kier alpha value is -1.27. The van der Waals surface area contributed by atoms with Gasteiger partial charge in [0.2, 0.25) is 0 Å². The van der Waals surface area contributed by atoms with Gasteiger partial charge in [0.05, 0.1) is 13.7 Å². The number of methoxy groups -OCH3 is 1. The number of fused-ring (bicyclic) bond motifs is 1. The van der Waals surface area contributed by atoms with E-state index >= 15 is 0 Å². The molecule has 124 valence electrons. The highest BCUT2D eigenvalue weighted by Crippen LogP contribution is 2.35. The SMILES string of the molecule is CCC1c2cc(OC)c(CNCC(F)(F)F)cc2CCN1C. The smallest absolute Gasteiger partial charge is 0.401 e. The van der Waals surface area contributed by atoms with E-state index in [9.17, 15) is 13.2 Å². The first kappa shape index (κ1) is 17.1. The normalized spacial score (nSPS) is 19.1. The highest BCUT2D eigenvalue weighted by atomic mass is 19.4. The van der Waals surface area contributed by atoms with Crippen LogP contribution in [-0.2, 0) is 13.0 Å². The Bertz CT molecular complexity index is 517. The fourth-order valence-electron chi connectivity index (χ4n) is 3.11. The summed E-state index contributed by atoms with van der Waals surface area (Å²) < 4.78 is 42.1. The average Bonchev–Trinajstić information content (AvgIpc) is 2.45. The molecule has 0 saturated heterocycles. The highest BCUT2D eigenvalue weighted by molar-refractivity contribution is 5.45. The molecule has 1 unspecified atom stereocenters. The summed E-state index contributed by atoms with van der Waals surface area (Å²) in [7, 11) is 3.66. The van der Waals surface area contributed by atoms with Gasteiger partial charge in [-0.2, -0.15) is 13.2 Å². The standard InChI is InChI=1S/C16H23F3N2O/c1-4-14-13-8-15(22-3)12(9-20-10-16(17,18)19)7-11(13)5-6-21(14)2/h7-8,14,20H,4-6,9-10H2,1-3H3. The Kier molecular flexibility index (Phi) is 5.34. The Labute approximate surface area is 129 Å². The van der Waals surface area contributed by atoms with Crippen LogP contribution in [0.2, 0.25) is 0 Å². The first-order valence-electron chi connectivity index (χ1n) is 7.53. The van der Waals surface area contributed by atoms with Gasteiger partial charge in [-0.1, -0.05) is 13.0 Å². The van der Waals surface area contributed by atoms with Crippen molar-refractivity contribution >= 4 is 0 Å². The van der Waals surface area contributed by atoms with Gasteiger partial charge in [0.15, 0.2) is 0 Å². The van der Waals surface area contributed by atoms with Crippen molar-refractivity contribution in [2.45, 2.75) is 38.5 Å². The van der Waals surface area contributed by atoms with Gasteiger partial charge in [-0.05, 0) is 37.1 Å². The molecule has 1 atom stereocenters. The van der Waals surface area contributed by atoms with E-state index < -0.39 is 12.7 Å². The summed E-state index contributed by atoms with van der Waals surface area (Å²) in [6.07, 6.45) is -2.28. The van der Waals surface area contributed by atoms with Crippen molar-refractivity contribution in [3.05, 3.63) is 28.8 Å². The summed E-state index contributed by atoms with van der Waals surface area (Å²) in [6.45, 7) is 2.27. The van der Waals surface area contributed by atoms with Gasteiger partial charge >= 0.3 is 6.18 Å². The lowest BCUT2D eigenvalue weighted by Crippen LogP contribution is -2.32. The Morgan fingerprint density at radius 3 is 2.68 bits per heavy atom. The lowest BCUT2D eigenvalue weighted by Gasteiger charge is -2.34. The molecule has 1 aliphatic rings. The topological polar surface area (TPSA) is 24.5 Å². The number of benzene rings is 1. The lowest BCUT2D eigenvalue weighted by atomic mass is 9.89. The molecule has 1 aliphatic heterocycles. The van der Waals surface area contributed by atoms with Gasteiger partial charge in [-0.25, -0.2) is 0 Å². The summed E-state index contributed by atoms with van der Waals surface area (Å²) in [5.41, 5.74) is 3.23. The second-order valence-electron chi connectivity index (χ2n) is 5.74. The maximum absolute atomic E-state index is 12.3. The number of halogens is 3. The molecule has 2 rings (SSSR count). The van der Waals surface area contributed by atoms with E-state index in [0.717, 1.165) is 24.9 Å². The van der Waals surface area contributed by atoms with E-state index in [2.05, 4.69) is 24.2 Å². The maximum atomic E-state index is 12.3. The van der Waals surface area contributed by atoms with Crippen molar-refractivity contribution in [1.29, 1.82) is 0 Å².